The standard InChI is InChI=1S/C32H45N3O7/c36-20-27-15-9-17-35(27)29(37)19-25-14-7-8-16-28(34-32(40)42-21-24-12-5-2-6-13-24)31(39)41-22-26(33-30(25)38)18-23-10-3-1-4-11-23/h2,5-8,12-13,23,25-28,36H,1,3-4,9-11,14-22H2,(H,33,38)(H,34,40)/t25-,26+,27+,28-/m1/s1. The summed E-state index contributed by atoms with van der Waals surface area (Å²) in [6.45, 7) is 0.562. The van der Waals surface area contributed by atoms with Crippen molar-refractivity contribution >= 4 is 23.9 Å². The number of carbonyl (C=O) groups is 4. The zero-order valence-electron chi connectivity index (χ0n) is 24.4. The van der Waals surface area contributed by atoms with Crippen molar-refractivity contribution in [2.45, 2.75) is 95.4 Å². The van der Waals surface area contributed by atoms with E-state index < -0.39 is 30.1 Å². The number of hydrogen-bond donors (Lipinski definition) is 3. The molecule has 4 atom stereocenters. The zero-order chi connectivity index (χ0) is 29.7. The molecule has 1 saturated carbocycles. The minimum Gasteiger partial charge on any atom is -0.462 e. The minimum atomic E-state index is -0.954. The fourth-order valence-electron chi connectivity index (χ4n) is 6.18. The molecule has 2 fully saturated rings. The predicted molar refractivity (Wildman–Crippen MR) is 156 cm³/mol. The summed E-state index contributed by atoms with van der Waals surface area (Å²) >= 11 is 0. The largest absolute Gasteiger partial charge is 0.462 e. The molecule has 10 nitrogen and oxygen atoms in total. The topological polar surface area (TPSA) is 134 Å². The van der Waals surface area contributed by atoms with Crippen LogP contribution >= 0.6 is 0 Å². The van der Waals surface area contributed by atoms with E-state index in [9.17, 15) is 24.3 Å². The quantitative estimate of drug-likeness (QED) is 0.314. The number of carbonyl (C=O) groups excluding carboxylic acids is 4. The van der Waals surface area contributed by atoms with E-state index in [4.69, 9.17) is 9.47 Å². The van der Waals surface area contributed by atoms with Gasteiger partial charge in [-0.2, -0.15) is 0 Å². The van der Waals surface area contributed by atoms with Crippen LogP contribution in [0.2, 0.25) is 0 Å². The molecule has 3 aliphatic rings. The fraction of sp³-hybridized carbons (Fsp3) is 0.625. The Bertz CT molecular complexity index is 1070. The van der Waals surface area contributed by atoms with Gasteiger partial charge >= 0.3 is 12.1 Å². The molecule has 0 aromatic heterocycles. The average molecular weight is 584 g/mol. The van der Waals surface area contributed by atoms with Gasteiger partial charge in [0.2, 0.25) is 11.8 Å². The number of ether oxygens (including phenoxy) is 2. The molecule has 0 spiro atoms. The van der Waals surface area contributed by atoms with Crippen molar-refractivity contribution in [2.75, 3.05) is 19.8 Å². The second-order valence-electron chi connectivity index (χ2n) is 11.7. The zero-order valence-corrected chi connectivity index (χ0v) is 24.4. The Kier molecular flexibility index (Phi) is 12.2. The van der Waals surface area contributed by atoms with Crippen molar-refractivity contribution in [3.05, 3.63) is 48.0 Å². The summed E-state index contributed by atoms with van der Waals surface area (Å²) in [6.07, 6.45) is 11.2. The summed E-state index contributed by atoms with van der Waals surface area (Å²) in [5, 5.41) is 15.4. The van der Waals surface area contributed by atoms with Crippen LogP contribution in [0.3, 0.4) is 0 Å². The van der Waals surface area contributed by atoms with Crippen molar-refractivity contribution in [1.29, 1.82) is 0 Å². The molecule has 0 bridgehead atoms. The number of nitrogens with one attached hydrogen (secondary N) is 2. The summed E-state index contributed by atoms with van der Waals surface area (Å²) in [7, 11) is 0. The molecular formula is C32H45N3O7. The van der Waals surface area contributed by atoms with Crippen LogP contribution in [-0.4, -0.2) is 71.8 Å². The molecule has 42 heavy (non-hydrogen) atoms. The molecule has 1 aromatic carbocycles. The second kappa shape index (κ2) is 16.3. The smallest absolute Gasteiger partial charge is 0.408 e. The number of hydrogen-bond acceptors (Lipinski definition) is 7. The third kappa shape index (κ3) is 9.58. The molecule has 0 radical (unpaired) electrons. The number of cyclic esters (lactones) is 1. The Morgan fingerprint density at radius 1 is 1.02 bits per heavy atom. The molecule has 10 heteroatoms. The van der Waals surface area contributed by atoms with E-state index >= 15 is 0 Å². The molecular weight excluding hydrogens is 538 g/mol. The molecule has 4 rings (SSSR count). The molecule has 2 aliphatic heterocycles. The number of rotatable bonds is 8. The van der Waals surface area contributed by atoms with Gasteiger partial charge in [0.1, 0.15) is 19.3 Å². The lowest BCUT2D eigenvalue weighted by Gasteiger charge is -2.29. The summed E-state index contributed by atoms with van der Waals surface area (Å²) < 4.78 is 11.0. The van der Waals surface area contributed by atoms with Crippen LogP contribution in [-0.2, 0) is 30.5 Å². The van der Waals surface area contributed by atoms with Gasteiger partial charge in [0.05, 0.1) is 24.6 Å². The normalized spacial score (nSPS) is 26.0. The van der Waals surface area contributed by atoms with Crippen molar-refractivity contribution < 1.29 is 33.8 Å². The van der Waals surface area contributed by atoms with Gasteiger partial charge in [-0.05, 0) is 43.6 Å². The van der Waals surface area contributed by atoms with E-state index in [0.717, 1.165) is 44.1 Å². The Morgan fingerprint density at radius 2 is 1.79 bits per heavy atom. The third-order valence-electron chi connectivity index (χ3n) is 8.56. The molecule has 3 N–H and O–H groups in total. The van der Waals surface area contributed by atoms with Crippen LogP contribution in [0.15, 0.2) is 42.5 Å². The van der Waals surface area contributed by atoms with Crippen molar-refractivity contribution in [2.24, 2.45) is 11.8 Å². The summed E-state index contributed by atoms with van der Waals surface area (Å²) in [5.74, 6) is -1.13. The lowest BCUT2D eigenvalue weighted by molar-refractivity contribution is -0.147. The number of nitrogens with zero attached hydrogens (tertiary/aromatic N) is 1. The maximum atomic E-state index is 13.5. The summed E-state index contributed by atoms with van der Waals surface area (Å²) in [5.41, 5.74) is 0.829. The first-order chi connectivity index (χ1) is 20.4. The molecule has 1 aliphatic carbocycles. The van der Waals surface area contributed by atoms with Crippen LogP contribution in [0.5, 0.6) is 0 Å². The first-order valence-corrected chi connectivity index (χ1v) is 15.4. The number of aliphatic hydroxyl groups excluding tert-OH is 1. The Labute approximate surface area is 248 Å². The molecule has 1 aromatic rings. The number of allylic oxidation sites excluding steroid dienone is 1. The number of amides is 3. The highest BCUT2D eigenvalue weighted by Crippen LogP contribution is 2.28. The number of alkyl carbamates (subject to hydrolysis) is 1. The van der Waals surface area contributed by atoms with Crippen LogP contribution in [0.25, 0.3) is 0 Å². The monoisotopic (exact) mass is 583 g/mol. The molecule has 0 unspecified atom stereocenters. The number of benzene rings is 1. The lowest BCUT2D eigenvalue weighted by atomic mass is 9.84. The Hall–Kier alpha value is -3.40. The van der Waals surface area contributed by atoms with Crippen molar-refractivity contribution in [3.8, 4) is 0 Å². The van der Waals surface area contributed by atoms with Gasteiger partial charge in [0.15, 0.2) is 0 Å². The average Bonchev–Trinajstić information content (AvgIpc) is 3.49. The molecule has 230 valence electrons. The number of esters is 1. The van der Waals surface area contributed by atoms with Crippen LogP contribution in [0.1, 0.15) is 76.2 Å². The van der Waals surface area contributed by atoms with E-state index in [1.807, 2.05) is 30.3 Å². The number of likely N-dealkylation sites (tertiary alicyclic amines) is 1. The van der Waals surface area contributed by atoms with Gasteiger partial charge in [-0.1, -0.05) is 74.6 Å². The number of aliphatic hydroxyl groups is 1. The molecule has 3 amide bonds. The predicted octanol–water partition coefficient (Wildman–Crippen LogP) is 3.62. The lowest BCUT2D eigenvalue weighted by Crippen LogP contribution is -2.47. The highest BCUT2D eigenvalue weighted by molar-refractivity contribution is 5.86. The van der Waals surface area contributed by atoms with Crippen LogP contribution < -0.4 is 10.6 Å². The highest BCUT2D eigenvalue weighted by Gasteiger charge is 2.33. The fourth-order valence-corrected chi connectivity index (χ4v) is 6.18. The van der Waals surface area contributed by atoms with Crippen LogP contribution in [0.4, 0.5) is 4.79 Å². The van der Waals surface area contributed by atoms with Gasteiger partial charge in [0, 0.05) is 13.0 Å². The Balaban J connectivity index is 1.44. The van der Waals surface area contributed by atoms with Gasteiger partial charge < -0.3 is 30.1 Å². The van der Waals surface area contributed by atoms with E-state index in [1.165, 1.54) is 6.42 Å². The first kappa shape index (κ1) is 31.5. The van der Waals surface area contributed by atoms with Gasteiger partial charge in [0.25, 0.3) is 0 Å². The maximum Gasteiger partial charge on any atom is 0.408 e. The van der Waals surface area contributed by atoms with E-state index in [2.05, 4.69) is 10.6 Å². The van der Waals surface area contributed by atoms with E-state index in [0.29, 0.717) is 25.3 Å². The van der Waals surface area contributed by atoms with Gasteiger partial charge in [-0.3, -0.25) is 9.59 Å². The summed E-state index contributed by atoms with van der Waals surface area (Å²) in [4.78, 5) is 53.9. The van der Waals surface area contributed by atoms with E-state index in [1.54, 1.807) is 17.1 Å². The van der Waals surface area contributed by atoms with E-state index in [-0.39, 0.29) is 50.5 Å². The first-order valence-electron chi connectivity index (χ1n) is 15.4. The van der Waals surface area contributed by atoms with Gasteiger partial charge in [-0.25, -0.2) is 9.59 Å². The van der Waals surface area contributed by atoms with Crippen molar-refractivity contribution in [3.63, 3.8) is 0 Å². The Morgan fingerprint density at radius 3 is 2.55 bits per heavy atom. The highest BCUT2D eigenvalue weighted by atomic mass is 16.6. The maximum absolute atomic E-state index is 13.5. The van der Waals surface area contributed by atoms with Gasteiger partial charge in [-0.15, -0.1) is 0 Å². The molecule has 1 saturated heterocycles. The van der Waals surface area contributed by atoms with Crippen LogP contribution in [0, 0.1) is 11.8 Å². The SMILES string of the molecule is O=C(N[C@@H]1CC=CC[C@H](CC(=O)N2CCC[C@H]2CO)C(=O)N[C@@H](CC2CCCCC2)COC1=O)OCc1ccccc1. The third-order valence-corrected chi connectivity index (χ3v) is 8.56. The summed E-state index contributed by atoms with van der Waals surface area (Å²) in [6, 6.07) is 7.72. The minimum absolute atomic E-state index is 0.0125. The van der Waals surface area contributed by atoms with Crippen molar-refractivity contribution in [1.82, 2.24) is 15.5 Å². The second-order valence-corrected chi connectivity index (χ2v) is 11.7. The molecule has 2 heterocycles.